The highest BCUT2D eigenvalue weighted by Gasteiger charge is 2.27. The van der Waals surface area contributed by atoms with Crippen LogP contribution in [0.1, 0.15) is 36.6 Å². The molecule has 0 aliphatic carbocycles. The van der Waals surface area contributed by atoms with Crippen LogP contribution in [0.15, 0.2) is 64.6 Å². The zero-order chi connectivity index (χ0) is 26.9. The number of benzene rings is 2. The molecule has 0 fully saturated rings. The van der Waals surface area contributed by atoms with Gasteiger partial charge < -0.3 is 29.0 Å². The molecule has 1 aromatic heterocycles. The lowest BCUT2D eigenvalue weighted by Crippen LogP contribution is -2.23. The van der Waals surface area contributed by atoms with Crippen molar-refractivity contribution in [1.82, 2.24) is 4.98 Å². The number of allylic oxidation sites excluding steroid dienone is 1. The highest BCUT2D eigenvalue weighted by molar-refractivity contribution is 6.00. The summed E-state index contributed by atoms with van der Waals surface area (Å²) in [6.07, 6.45) is 2.63. The van der Waals surface area contributed by atoms with Crippen molar-refractivity contribution in [2.24, 2.45) is 4.99 Å². The van der Waals surface area contributed by atoms with Crippen LogP contribution in [0.5, 0.6) is 23.0 Å². The number of unbranched alkanes of at least 4 members (excludes halogenated alkanes) is 1. The third kappa shape index (κ3) is 6.14. The number of pyridine rings is 1. The Morgan fingerprint density at radius 3 is 2.19 bits per heavy atom. The Balaban J connectivity index is 2.09. The molecule has 0 saturated heterocycles. The van der Waals surface area contributed by atoms with Crippen molar-refractivity contribution in [3.8, 4) is 34.1 Å². The van der Waals surface area contributed by atoms with Gasteiger partial charge in [-0.3, -0.25) is 9.79 Å². The van der Waals surface area contributed by atoms with Crippen molar-refractivity contribution in [3.63, 3.8) is 0 Å². The van der Waals surface area contributed by atoms with Crippen LogP contribution in [-0.2, 0) is 17.6 Å². The number of aromatic nitrogens is 1. The van der Waals surface area contributed by atoms with Gasteiger partial charge >= 0.3 is 0 Å². The number of hydrogen-bond acceptors (Lipinski definition) is 7. The molecule has 0 spiro atoms. The molecule has 0 unspecified atom stereocenters. The summed E-state index contributed by atoms with van der Waals surface area (Å²) in [5, 5.41) is 11.6. The van der Waals surface area contributed by atoms with E-state index in [0.29, 0.717) is 46.9 Å². The fourth-order valence-electron chi connectivity index (χ4n) is 4.10. The number of aromatic hydroxyl groups is 1. The number of nitrogens with one attached hydrogen (secondary N) is 1. The summed E-state index contributed by atoms with van der Waals surface area (Å²) in [5.41, 5.74) is 1.83. The summed E-state index contributed by atoms with van der Waals surface area (Å²) in [6, 6.07) is 12.8. The Morgan fingerprint density at radius 1 is 1.00 bits per heavy atom. The highest BCUT2D eigenvalue weighted by Crippen LogP contribution is 2.44. The predicted molar refractivity (Wildman–Crippen MR) is 145 cm³/mol. The van der Waals surface area contributed by atoms with E-state index in [-0.39, 0.29) is 17.2 Å². The fraction of sp³-hybridized carbons (Fsp3) is 0.310. The fourth-order valence-corrected chi connectivity index (χ4v) is 4.10. The molecular formula is C29H34N2O6. The van der Waals surface area contributed by atoms with E-state index in [1.54, 1.807) is 39.5 Å². The first kappa shape index (κ1) is 27.4. The van der Waals surface area contributed by atoms with E-state index >= 15 is 0 Å². The van der Waals surface area contributed by atoms with Crippen molar-refractivity contribution in [3.05, 3.63) is 82.0 Å². The van der Waals surface area contributed by atoms with E-state index in [0.717, 1.165) is 24.2 Å². The number of hydrogen-bond donors (Lipinski definition) is 2. The molecule has 0 aliphatic rings. The van der Waals surface area contributed by atoms with Gasteiger partial charge in [0.25, 0.3) is 5.56 Å². The van der Waals surface area contributed by atoms with Crippen LogP contribution in [0.3, 0.4) is 0 Å². The van der Waals surface area contributed by atoms with E-state index in [2.05, 4.69) is 23.5 Å². The van der Waals surface area contributed by atoms with Crippen molar-refractivity contribution in [2.45, 2.75) is 32.6 Å². The summed E-state index contributed by atoms with van der Waals surface area (Å²) in [7, 11) is 6.17. The van der Waals surface area contributed by atoms with Crippen LogP contribution < -0.4 is 19.8 Å². The first-order valence-electron chi connectivity index (χ1n) is 12.0. The van der Waals surface area contributed by atoms with Crippen molar-refractivity contribution >= 4 is 5.90 Å². The standard InChI is InChI=1S/C29H34N2O6/c1-7-8-10-21-24(25-22(35-5)11-9-12-23(25)36-6)27(32)26(28(33)31-21)29(30-3)37-18(2)17-19-13-15-20(34-4)16-14-19/h9,11-16H,2,7-8,10,17H2,1,3-6H3,(H2,31,32,33). The lowest BCUT2D eigenvalue weighted by molar-refractivity contribution is 0.394. The van der Waals surface area contributed by atoms with Gasteiger partial charge in [0.15, 0.2) is 0 Å². The molecule has 3 aromatic rings. The number of nitrogens with zero attached hydrogens (tertiary/aromatic N) is 1. The van der Waals surface area contributed by atoms with Gasteiger partial charge in [-0.05, 0) is 42.7 Å². The van der Waals surface area contributed by atoms with Gasteiger partial charge in [0.05, 0.1) is 32.5 Å². The molecule has 2 aromatic carbocycles. The molecule has 37 heavy (non-hydrogen) atoms. The maximum absolute atomic E-state index is 13.2. The third-order valence-electron chi connectivity index (χ3n) is 5.94. The number of aromatic amines is 1. The number of aryl methyl sites for hydroxylation is 1. The largest absolute Gasteiger partial charge is 0.506 e. The normalized spacial score (nSPS) is 11.2. The third-order valence-corrected chi connectivity index (χ3v) is 5.94. The molecule has 8 heteroatoms. The SMILES string of the molecule is C=C(Cc1ccc(OC)cc1)OC(=NC)c1c(O)c(-c2c(OC)cccc2OC)c(CCCC)[nH]c1=O. The zero-order valence-electron chi connectivity index (χ0n) is 22.0. The van der Waals surface area contributed by atoms with E-state index in [4.69, 9.17) is 18.9 Å². The van der Waals surface area contributed by atoms with Gasteiger partial charge in [0, 0.05) is 19.2 Å². The van der Waals surface area contributed by atoms with E-state index < -0.39 is 5.56 Å². The smallest absolute Gasteiger partial charge is 0.264 e. The summed E-state index contributed by atoms with van der Waals surface area (Å²) in [6.45, 7) is 6.05. The minimum Gasteiger partial charge on any atom is -0.506 e. The molecule has 0 aliphatic heterocycles. The second-order valence-corrected chi connectivity index (χ2v) is 8.37. The zero-order valence-corrected chi connectivity index (χ0v) is 22.0. The van der Waals surface area contributed by atoms with Gasteiger partial charge in [-0.25, -0.2) is 0 Å². The number of methoxy groups -OCH3 is 3. The minimum absolute atomic E-state index is 0.0468. The number of H-pyrrole nitrogens is 1. The molecule has 0 atom stereocenters. The molecule has 3 rings (SSSR count). The minimum atomic E-state index is -0.515. The van der Waals surface area contributed by atoms with E-state index in [1.165, 1.54) is 7.05 Å². The van der Waals surface area contributed by atoms with Crippen LogP contribution >= 0.6 is 0 Å². The summed E-state index contributed by atoms with van der Waals surface area (Å²) >= 11 is 0. The molecule has 2 N–H and O–H groups in total. The van der Waals surface area contributed by atoms with Gasteiger partial charge in [-0.2, -0.15) is 0 Å². The Kier molecular flexibility index (Phi) is 9.38. The second kappa shape index (κ2) is 12.7. The molecule has 0 amide bonds. The molecule has 0 radical (unpaired) electrons. The Morgan fingerprint density at radius 2 is 1.65 bits per heavy atom. The van der Waals surface area contributed by atoms with Crippen molar-refractivity contribution in [2.75, 3.05) is 28.4 Å². The molecule has 8 nitrogen and oxygen atoms in total. The van der Waals surface area contributed by atoms with Crippen LogP contribution in [0.4, 0.5) is 0 Å². The first-order valence-corrected chi connectivity index (χ1v) is 12.0. The van der Waals surface area contributed by atoms with E-state index in [9.17, 15) is 9.90 Å². The van der Waals surface area contributed by atoms with Gasteiger partial charge in [0.2, 0.25) is 5.90 Å². The Labute approximate surface area is 217 Å². The number of aliphatic imine (C=N–C) groups is 1. The van der Waals surface area contributed by atoms with Crippen molar-refractivity contribution in [1.29, 1.82) is 0 Å². The van der Waals surface area contributed by atoms with E-state index in [1.807, 2.05) is 24.3 Å². The monoisotopic (exact) mass is 506 g/mol. The predicted octanol–water partition coefficient (Wildman–Crippen LogP) is 5.27. The van der Waals surface area contributed by atoms with Crippen LogP contribution in [-0.4, -0.2) is 44.4 Å². The van der Waals surface area contributed by atoms with Gasteiger partial charge in [-0.15, -0.1) is 0 Å². The number of ether oxygens (including phenoxy) is 4. The highest BCUT2D eigenvalue weighted by atomic mass is 16.5. The van der Waals surface area contributed by atoms with Crippen LogP contribution in [0.25, 0.3) is 11.1 Å². The molecule has 0 saturated carbocycles. The number of rotatable bonds is 11. The summed E-state index contributed by atoms with van der Waals surface area (Å²) in [4.78, 5) is 20.4. The maximum atomic E-state index is 13.2. The molecule has 0 bridgehead atoms. The quantitative estimate of drug-likeness (QED) is 0.209. The first-order chi connectivity index (χ1) is 17.9. The molecule has 196 valence electrons. The lowest BCUT2D eigenvalue weighted by atomic mass is 9.95. The lowest BCUT2D eigenvalue weighted by Gasteiger charge is -2.20. The Hall–Kier alpha value is -4.20. The summed E-state index contributed by atoms with van der Waals surface area (Å²) < 4.78 is 22.3. The van der Waals surface area contributed by atoms with Crippen LogP contribution in [0.2, 0.25) is 0 Å². The van der Waals surface area contributed by atoms with Gasteiger partial charge in [-0.1, -0.05) is 38.1 Å². The molecule has 1 heterocycles. The van der Waals surface area contributed by atoms with Crippen LogP contribution in [0, 0.1) is 0 Å². The Bertz CT molecular complexity index is 1300. The van der Waals surface area contributed by atoms with Crippen molar-refractivity contribution < 1.29 is 24.1 Å². The molecular weight excluding hydrogens is 472 g/mol. The maximum Gasteiger partial charge on any atom is 0.264 e. The topological polar surface area (TPSA) is 102 Å². The summed E-state index contributed by atoms with van der Waals surface area (Å²) in [5.74, 6) is 1.77. The second-order valence-electron chi connectivity index (χ2n) is 8.37. The van der Waals surface area contributed by atoms with Gasteiger partial charge in [0.1, 0.15) is 34.3 Å². The average Bonchev–Trinajstić information content (AvgIpc) is 2.91. The average molecular weight is 507 g/mol.